The summed E-state index contributed by atoms with van der Waals surface area (Å²) in [4.78, 5) is 14.9. The lowest BCUT2D eigenvalue weighted by atomic mass is 10.1. The van der Waals surface area contributed by atoms with Crippen molar-refractivity contribution in [3.63, 3.8) is 0 Å². The molecule has 0 bridgehead atoms. The van der Waals surface area contributed by atoms with Gasteiger partial charge < -0.3 is 4.98 Å². The summed E-state index contributed by atoms with van der Waals surface area (Å²) in [5, 5.41) is 0.705. The Hall–Kier alpha value is -2.18. The number of rotatable bonds is 1. The highest BCUT2D eigenvalue weighted by Crippen LogP contribution is 2.21. The second-order valence-corrected chi connectivity index (χ2v) is 5.54. The van der Waals surface area contributed by atoms with Gasteiger partial charge in [-0.05, 0) is 24.3 Å². The van der Waals surface area contributed by atoms with Crippen LogP contribution in [0, 0.1) is 0 Å². The number of para-hydroxylation sites is 2. The summed E-state index contributed by atoms with van der Waals surface area (Å²) in [5.74, 6) is 0. The molecule has 2 N–H and O–H groups in total. The van der Waals surface area contributed by atoms with Crippen LogP contribution in [0.15, 0.2) is 52.2 Å². The number of nitrogens with one attached hydrogen (secondary N) is 1. The first kappa shape index (κ1) is 11.9. The van der Waals surface area contributed by atoms with E-state index in [9.17, 15) is 17.8 Å². The van der Waals surface area contributed by atoms with Crippen molar-refractivity contribution in [2.75, 3.05) is 0 Å². The Morgan fingerprint density at radius 1 is 0.947 bits per heavy atom. The lowest BCUT2D eigenvalue weighted by Gasteiger charge is -2.05. The molecule has 0 aliphatic heterocycles. The van der Waals surface area contributed by atoms with E-state index < -0.39 is 10.1 Å². The largest absolute Gasteiger partial charge is 0.353 e. The molecule has 3 rings (SSSR count). The average Bonchev–Trinajstić information content (AvgIpc) is 2.37. The van der Waals surface area contributed by atoms with Crippen LogP contribution in [0.2, 0.25) is 0 Å². The molecule has 2 aromatic carbocycles. The number of benzene rings is 2. The lowest BCUT2D eigenvalue weighted by Crippen LogP contribution is -2.07. The maximum absolute atomic E-state index is 12.3. The molecule has 0 fully saturated rings. The van der Waals surface area contributed by atoms with Crippen LogP contribution in [0.1, 0.15) is 0 Å². The van der Waals surface area contributed by atoms with Gasteiger partial charge >= 0.3 is 0 Å². The first-order valence-electron chi connectivity index (χ1n) is 5.50. The van der Waals surface area contributed by atoms with Crippen molar-refractivity contribution < 1.29 is 13.0 Å². The van der Waals surface area contributed by atoms with Crippen LogP contribution in [-0.4, -0.2) is 18.0 Å². The fourth-order valence-electron chi connectivity index (χ4n) is 2.13. The average molecular weight is 275 g/mol. The molecule has 96 valence electrons. The minimum absolute atomic E-state index is 0.119. The van der Waals surface area contributed by atoms with E-state index in [2.05, 4.69) is 4.98 Å². The molecule has 0 spiro atoms. The van der Waals surface area contributed by atoms with Crippen molar-refractivity contribution in [2.24, 2.45) is 0 Å². The molecule has 19 heavy (non-hydrogen) atoms. The number of hydrogen-bond donors (Lipinski definition) is 2. The molecule has 0 radical (unpaired) electrons. The van der Waals surface area contributed by atoms with E-state index in [1.54, 1.807) is 24.3 Å². The van der Waals surface area contributed by atoms with E-state index in [-0.39, 0.29) is 21.2 Å². The molecule has 6 heteroatoms. The van der Waals surface area contributed by atoms with E-state index in [1.165, 1.54) is 18.2 Å². The van der Waals surface area contributed by atoms with Crippen LogP contribution in [0.25, 0.3) is 21.8 Å². The van der Waals surface area contributed by atoms with Crippen LogP contribution in [0.5, 0.6) is 0 Å². The highest BCUT2D eigenvalue weighted by molar-refractivity contribution is 7.86. The van der Waals surface area contributed by atoms with Crippen LogP contribution in [0.3, 0.4) is 0 Å². The van der Waals surface area contributed by atoms with E-state index in [1.807, 2.05) is 0 Å². The summed E-state index contributed by atoms with van der Waals surface area (Å²) in [5.41, 5.74) is 0.375. The van der Waals surface area contributed by atoms with Crippen LogP contribution >= 0.6 is 0 Å². The Labute approximate surface area is 108 Å². The molecular weight excluding hydrogens is 266 g/mol. The second kappa shape index (κ2) is 3.91. The molecule has 0 unspecified atom stereocenters. The van der Waals surface area contributed by atoms with E-state index in [0.717, 1.165) is 0 Å². The van der Waals surface area contributed by atoms with Crippen LogP contribution in [0.4, 0.5) is 0 Å². The first-order chi connectivity index (χ1) is 8.98. The van der Waals surface area contributed by atoms with Gasteiger partial charge in [-0.1, -0.05) is 18.2 Å². The Balaban J connectivity index is 2.63. The topological polar surface area (TPSA) is 87.2 Å². The van der Waals surface area contributed by atoms with Gasteiger partial charge in [0.2, 0.25) is 0 Å². The zero-order valence-corrected chi connectivity index (χ0v) is 10.4. The third-order valence-corrected chi connectivity index (χ3v) is 3.88. The summed E-state index contributed by atoms with van der Waals surface area (Å²) < 4.78 is 31.9. The van der Waals surface area contributed by atoms with E-state index in [0.29, 0.717) is 10.9 Å². The highest BCUT2D eigenvalue weighted by atomic mass is 32.2. The molecule has 1 aromatic heterocycles. The standard InChI is InChI=1S/C13H9NO4S/c15-13-8-4-1-2-6-10(8)14-12-9(13)5-3-7-11(12)19(16,17)18/h1-7H,(H,14,15)(H,16,17,18). The Kier molecular flexibility index (Phi) is 2.44. The van der Waals surface area contributed by atoms with Gasteiger partial charge in [0.25, 0.3) is 10.1 Å². The summed E-state index contributed by atoms with van der Waals surface area (Å²) >= 11 is 0. The molecule has 0 amide bonds. The smallest absolute Gasteiger partial charge is 0.296 e. The first-order valence-corrected chi connectivity index (χ1v) is 6.94. The van der Waals surface area contributed by atoms with Crippen molar-refractivity contribution in [2.45, 2.75) is 4.90 Å². The predicted molar refractivity (Wildman–Crippen MR) is 71.9 cm³/mol. The minimum Gasteiger partial charge on any atom is -0.353 e. The maximum atomic E-state index is 12.3. The fraction of sp³-hybridized carbons (Fsp3) is 0. The van der Waals surface area contributed by atoms with Crippen molar-refractivity contribution in [1.29, 1.82) is 0 Å². The van der Waals surface area contributed by atoms with Crippen molar-refractivity contribution >= 4 is 31.9 Å². The predicted octanol–water partition coefficient (Wildman–Crippen LogP) is 1.93. The van der Waals surface area contributed by atoms with Gasteiger partial charge in [0.15, 0.2) is 5.43 Å². The highest BCUT2D eigenvalue weighted by Gasteiger charge is 2.16. The summed E-state index contributed by atoms with van der Waals surface area (Å²) in [7, 11) is -4.38. The number of pyridine rings is 1. The molecule has 5 nitrogen and oxygen atoms in total. The minimum atomic E-state index is -4.38. The fourth-order valence-corrected chi connectivity index (χ4v) is 2.80. The molecule has 0 atom stereocenters. The van der Waals surface area contributed by atoms with Gasteiger partial charge in [0, 0.05) is 16.3 Å². The third kappa shape index (κ3) is 1.81. The second-order valence-electron chi connectivity index (χ2n) is 4.15. The number of aromatic amines is 1. The Bertz CT molecular complexity index is 957. The zero-order valence-electron chi connectivity index (χ0n) is 9.62. The number of hydrogen-bond acceptors (Lipinski definition) is 3. The lowest BCUT2D eigenvalue weighted by molar-refractivity contribution is 0.484. The van der Waals surface area contributed by atoms with E-state index in [4.69, 9.17) is 0 Å². The molecule has 0 aliphatic rings. The summed E-state index contributed by atoms with van der Waals surface area (Å²) in [6.07, 6.45) is 0. The van der Waals surface area contributed by atoms with Crippen molar-refractivity contribution in [3.05, 3.63) is 52.7 Å². The van der Waals surface area contributed by atoms with Crippen molar-refractivity contribution in [1.82, 2.24) is 4.98 Å². The summed E-state index contributed by atoms with van der Waals surface area (Å²) in [6.45, 7) is 0. The molecule has 3 aromatic rings. The van der Waals surface area contributed by atoms with E-state index >= 15 is 0 Å². The molecule has 0 saturated carbocycles. The Morgan fingerprint density at radius 3 is 2.37 bits per heavy atom. The maximum Gasteiger partial charge on any atom is 0.296 e. The monoisotopic (exact) mass is 275 g/mol. The number of aromatic nitrogens is 1. The SMILES string of the molecule is O=c1c2ccccc2[nH]c2c(S(=O)(=O)O)cccc12. The van der Waals surface area contributed by atoms with Gasteiger partial charge in [0.05, 0.1) is 5.52 Å². The normalized spacial score (nSPS) is 12.1. The van der Waals surface area contributed by atoms with Gasteiger partial charge in [0.1, 0.15) is 4.90 Å². The van der Waals surface area contributed by atoms with Gasteiger partial charge in [-0.3, -0.25) is 9.35 Å². The zero-order chi connectivity index (χ0) is 13.6. The third-order valence-electron chi connectivity index (χ3n) is 2.98. The Morgan fingerprint density at radius 2 is 1.63 bits per heavy atom. The van der Waals surface area contributed by atoms with Gasteiger partial charge in [-0.2, -0.15) is 8.42 Å². The van der Waals surface area contributed by atoms with Crippen LogP contribution < -0.4 is 5.43 Å². The van der Waals surface area contributed by atoms with Crippen molar-refractivity contribution in [3.8, 4) is 0 Å². The van der Waals surface area contributed by atoms with Gasteiger partial charge in [-0.15, -0.1) is 0 Å². The quantitative estimate of drug-likeness (QED) is 0.524. The molecule has 0 saturated heterocycles. The molecule has 1 heterocycles. The molecule has 0 aliphatic carbocycles. The summed E-state index contributed by atoms with van der Waals surface area (Å²) in [6, 6.07) is 11.0. The van der Waals surface area contributed by atoms with Gasteiger partial charge in [-0.25, -0.2) is 0 Å². The number of H-pyrrole nitrogens is 1. The number of fused-ring (bicyclic) bond motifs is 2. The molecular formula is C13H9NO4S. The van der Waals surface area contributed by atoms with Crippen LogP contribution in [-0.2, 0) is 10.1 Å².